The van der Waals surface area contributed by atoms with Gasteiger partial charge in [0.25, 0.3) is 0 Å². The highest BCUT2D eigenvalue weighted by molar-refractivity contribution is 7.07. The van der Waals surface area contributed by atoms with Crippen LogP contribution in [0.15, 0.2) is 41.4 Å². The maximum absolute atomic E-state index is 11.8. The van der Waals surface area contributed by atoms with Crippen molar-refractivity contribution in [3.05, 3.63) is 51.9 Å². The molecule has 0 amide bonds. The van der Waals surface area contributed by atoms with Crippen LogP contribution in [0.3, 0.4) is 0 Å². The van der Waals surface area contributed by atoms with Crippen LogP contribution in [0.5, 0.6) is 0 Å². The molecular weight excluding hydrogens is 230 g/mol. The van der Waals surface area contributed by atoms with Crippen LogP contribution in [-0.4, -0.2) is 5.78 Å². The highest BCUT2D eigenvalue weighted by Gasteiger charge is 2.11. The van der Waals surface area contributed by atoms with E-state index in [1.807, 2.05) is 21.7 Å². The van der Waals surface area contributed by atoms with Crippen LogP contribution in [0.25, 0.3) is 0 Å². The smallest absolute Gasteiger partial charge is 0.227 e. The molecule has 0 radical (unpaired) electrons. The first kappa shape index (κ1) is 10.3. The summed E-state index contributed by atoms with van der Waals surface area (Å²) in [6.07, 6.45) is 1.89. The second-order valence-electron chi connectivity index (χ2n) is 3.13. The fraction of sp³-hybridized carbons (Fsp3) is 0.0909. The van der Waals surface area contributed by atoms with E-state index >= 15 is 0 Å². The van der Waals surface area contributed by atoms with Crippen LogP contribution < -0.4 is 4.57 Å². The molecule has 15 heavy (non-hydrogen) atoms. The Labute approximate surface area is 96.8 Å². The van der Waals surface area contributed by atoms with Crippen molar-refractivity contribution in [1.29, 1.82) is 0 Å². The van der Waals surface area contributed by atoms with Crippen molar-refractivity contribution in [2.24, 2.45) is 0 Å². The molecule has 1 aromatic heterocycles. The molecule has 2 rings (SSSR count). The van der Waals surface area contributed by atoms with Crippen LogP contribution in [0.1, 0.15) is 10.4 Å². The Kier molecular flexibility index (Phi) is 3.14. The Morgan fingerprint density at radius 3 is 2.67 bits per heavy atom. The Hall–Kier alpha value is -1.19. The zero-order chi connectivity index (χ0) is 10.7. The normalized spacial score (nSPS) is 10.2. The summed E-state index contributed by atoms with van der Waals surface area (Å²) >= 11 is 7.31. The maximum Gasteiger partial charge on any atom is 0.227 e. The molecule has 0 saturated carbocycles. The predicted molar refractivity (Wildman–Crippen MR) is 60.3 cm³/mol. The van der Waals surface area contributed by atoms with Gasteiger partial charge in [-0.25, -0.2) is 0 Å². The Morgan fingerprint density at radius 2 is 2.07 bits per heavy atom. The number of thiazole rings is 1. The summed E-state index contributed by atoms with van der Waals surface area (Å²) in [5.41, 5.74) is 2.60. The van der Waals surface area contributed by atoms with E-state index in [9.17, 15) is 4.79 Å². The SMILES string of the molecule is O=C(C[n+]1ccsc1)c1ccc(Cl)cc1. The van der Waals surface area contributed by atoms with Gasteiger partial charge in [-0.3, -0.25) is 4.79 Å². The second-order valence-corrected chi connectivity index (χ2v) is 4.32. The summed E-state index contributed by atoms with van der Waals surface area (Å²) in [5, 5.41) is 2.59. The summed E-state index contributed by atoms with van der Waals surface area (Å²) in [6.45, 7) is 0.380. The standard InChI is InChI=1S/C11H9ClNOS/c12-10-3-1-9(2-4-10)11(14)7-13-5-6-15-8-13/h1-6,8H,7H2/q+1. The summed E-state index contributed by atoms with van der Waals surface area (Å²) in [7, 11) is 0. The van der Waals surface area contributed by atoms with Crippen LogP contribution in [0.2, 0.25) is 5.02 Å². The Balaban J connectivity index is 2.11. The lowest BCUT2D eigenvalue weighted by molar-refractivity contribution is -0.678. The molecule has 0 aliphatic carbocycles. The van der Waals surface area contributed by atoms with Gasteiger partial charge in [0, 0.05) is 10.6 Å². The number of ketones is 1. The molecule has 0 aliphatic rings. The van der Waals surface area contributed by atoms with Gasteiger partial charge in [-0.2, -0.15) is 4.57 Å². The zero-order valence-corrected chi connectivity index (χ0v) is 9.46. The fourth-order valence-corrected chi connectivity index (χ4v) is 1.97. The van der Waals surface area contributed by atoms with Crippen molar-refractivity contribution in [3.8, 4) is 0 Å². The van der Waals surface area contributed by atoms with Crippen molar-refractivity contribution in [3.63, 3.8) is 0 Å². The summed E-state index contributed by atoms with van der Waals surface area (Å²) in [5.74, 6) is 0.0927. The monoisotopic (exact) mass is 238 g/mol. The maximum atomic E-state index is 11.8. The minimum absolute atomic E-state index is 0.0927. The molecule has 0 bridgehead atoms. The molecule has 76 valence electrons. The summed E-state index contributed by atoms with van der Waals surface area (Å²) in [4.78, 5) is 11.8. The minimum atomic E-state index is 0.0927. The highest BCUT2D eigenvalue weighted by Crippen LogP contribution is 2.09. The number of benzene rings is 1. The molecule has 4 heteroatoms. The number of nitrogens with zero attached hydrogens (tertiary/aromatic N) is 1. The van der Waals surface area contributed by atoms with E-state index in [0.717, 1.165) is 0 Å². The molecule has 0 atom stereocenters. The third-order valence-electron chi connectivity index (χ3n) is 2.02. The van der Waals surface area contributed by atoms with Gasteiger partial charge in [0.15, 0.2) is 6.20 Å². The van der Waals surface area contributed by atoms with E-state index in [1.165, 1.54) is 0 Å². The van der Waals surface area contributed by atoms with Crippen molar-refractivity contribution in [1.82, 2.24) is 0 Å². The third kappa shape index (κ3) is 2.64. The minimum Gasteiger partial charge on any atom is -0.287 e. The first-order valence-corrected chi connectivity index (χ1v) is 5.78. The number of halogens is 1. The molecule has 0 N–H and O–H groups in total. The van der Waals surface area contributed by atoms with Gasteiger partial charge >= 0.3 is 0 Å². The van der Waals surface area contributed by atoms with Gasteiger partial charge < -0.3 is 0 Å². The third-order valence-corrected chi connectivity index (χ3v) is 2.94. The van der Waals surface area contributed by atoms with Gasteiger partial charge in [-0.05, 0) is 24.3 Å². The molecular formula is C11H9ClNOS+. The van der Waals surface area contributed by atoms with Crippen molar-refractivity contribution >= 4 is 28.7 Å². The Morgan fingerprint density at radius 1 is 1.33 bits per heavy atom. The molecule has 0 aliphatic heterocycles. The average Bonchev–Trinajstić information content (AvgIpc) is 2.71. The number of aromatic nitrogens is 1. The van der Waals surface area contributed by atoms with E-state index in [4.69, 9.17) is 11.6 Å². The molecule has 0 spiro atoms. The number of rotatable bonds is 3. The van der Waals surface area contributed by atoms with E-state index < -0.39 is 0 Å². The van der Waals surface area contributed by atoms with Crippen molar-refractivity contribution in [2.75, 3.05) is 0 Å². The van der Waals surface area contributed by atoms with Gasteiger partial charge in [-0.15, -0.1) is 0 Å². The number of carbonyl (C=O) groups is 1. The second kappa shape index (κ2) is 4.55. The number of hydrogen-bond acceptors (Lipinski definition) is 2. The quantitative estimate of drug-likeness (QED) is 0.595. The molecule has 0 fully saturated rings. The van der Waals surface area contributed by atoms with E-state index in [2.05, 4.69) is 0 Å². The lowest BCUT2D eigenvalue weighted by Gasteiger charge is -1.96. The van der Waals surface area contributed by atoms with Crippen LogP contribution in [0.4, 0.5) is 0 Å². The van der Waals surface area contributed by atoms with Gasteiger partial charge in [-0.1, -0.05) is 22.9 Å². The van der Waals surface area contributed by atoms with Gasteiger partial charge in [0.05, 0.1) is 5.38 Å². The predicted octanol–water partition coefficient (Wildman–Crippen LogP) is 2.57. The molecule has 2 nitrogen and oxygen atoms in total. The van der Waals surface area contributed by atoms with Crippen LogP contribution in [0, 0.1) is 0 Å². The largest absolute Gasteiger partial charge is 0.287 e. The highest BCUT2D eigenvalue weighted by atomic mass is 35.5. The van der Waals surface area contributed by atoms with Crippen molar-refractivity contribution in [2.45, 2.75) is 6.54 Å². The topological polar surface area (TPSA) is 20.9 Å². The summed E-state index contributed by atoms with van der Waals surface area (Å²) < 4.78 is 1.86. The lowest BCUT2D eigenvalue weighted by Crippen LogP contribution is -2.34. The zero-order valence-electron chi connectivity index (χ0n) is 7.89. The lowest BCUT2D eigenvalue weighted by atomic mass is 10.1. The molecule has 2 aromatic rings. The number of carbonyl (C=O) groups excluding carboxylic acids is 1. The molecule has 1 aromatic carbocycles. The summed E-state index contributed by atoms with van der Waals surface area (Å²) in [6, 6.07) is 6.95. The average molecular weight is 239 g/mol. The molecule has 0 unspecified atom stereocenters. The molecule has 1 heterocycles. The van der Waals surface area contributed by atoms with E-state index in [1.54, 1.807) is 35.6 Å². The van der Waals surface area contributed by atoms with Crippen LogP contribution in [-0.2, 0) is 6.54 Å². The van der Waals surface area contributed by atoms with E-state index in [-0.39, 0.29) is 5.78 Å². The first-order chi connectivity index (χ1) is 7.25. The molecule has 0 saturated heterocycles. The first-order valence-electron chi connectivity index (χ1n) is 4.46. The number of Topliss-reactive ketones (excluding diaryl/α,β-unsaturated/α-hetero) is 1. The van der Waals surface area contributed by atoms with E-state index in [0.29, 0.717) is 17.1 Å². The van der Waals surface area contributed by atoms with Crippen LogP contribution >= 0.6 is 22.9 Å². The fourth-order valence-electron chi connectivity index (χ4n) is 1.24. The number of hydrogen-bond donors (Lipinski definition) is 0. The van der Waals surface area contributed by atoms with Gasteiger partial charge in [0.1, 0.15) is 0 Å². The van der Waals surface area contributed by atoms with Gasteiger partial charge in [0.2, 0.25) is 17.8 Å². The Bertz CT molecular complexity index is 450. The van der Waals surface area contributed by atoms with Crippen molar-refractivity contribution < 1.29 is 9.36 Å².